The number of hydrogen-bond acceptors (Lipinski definition) is 2. The van der Waals surface area contributed by atoms with E-state index in [1.807, 2.05) is 18.2 Å². The average molecular weight is 230 g/mol. The highest BCUT2D eigenvalue weighted by molar-refractivity contribution is 5.82. The average Bonchev–Trinajstić information content (AvgIpc) is 2.35. The summed E-state index contributed by atoms with van der Waals surface area (Å²) in [5.41, 5.74) is 1.45. The summed E-state index contributed by atoms with van der Waals surface area (Å²) in [5.74, 6) is -0.0850. The summed E-state index contributed by atoms with van der Waals surface area (Å²) in [5, 5.41) is 3.22. The van der Waals surface area contributed by atoms with Gasteiger partial charge >= 0.3 is 0 Å². The first-order valence-electron chi connectivity index (χ1n) is 5.43. The van der Waals surface area contributed by atoms with Crippen molar-refractivity contribution < 1.29 is 4.79 Å². The van der Waals surface area contributed by atoms with Crippen LogP contribution in [0.2, 0.25) is 0 Å². The fraction of sp³-hybridized carbons (Fsp3) is 0.231. The Hall–Kier alpha value is -2.10. The van der Waals surface area contributed by atoms with Crippen molar-refractivity contribution >= 4 is 16.8 Å². The third-order valence-corrected chi connectivity index (χ3v) is 2.76. The highest BCUT2D eigenvalue weighted by Gasteiger charge is 2.07. The van der Waals surface area contributed by atoms with Crippen molar-refractivity contribution in [1.82, 2.24) is 9.88 Å². The van der Waals surface area contributed by atoms with Crippen LogP contribution in [-0.4, -0.2) is 17.5 Å². The first kappa shape index (κ1) is 11.4. The molecular formula is C13H14N2O2. The summed E-state index contributed by atoms with van der Waals surface area (Å²) in [4.78, 5) is 23.3. The molecule has 1 amide bonds. The Labute approximate surface area is 98.9 Å². The summed E-state index contributed by atoms with van der Waals surface area (Å²) >= 11 is 0. The van der Waals surface area contributed by atoms with Crippen molar-refractivity contribution in [3.63, 3.8) is 0 Å². The maximum absolute atomic E-state index is 11.9. The zero-order valence-corrected chi connectivity index (χ0v) is 9.86. The molecule has 0 saturated carbocycles. The molecule has 88 valence electrons. The van der Waals surface area contributed by atoms with Crippen LogP contribution >= 0.6 is 0 Å². The third-order valence-electron chi connectivity index (χ3n) is 2.76. The zero-order valence-electron chi connectivity index (χ0n) is 9.86. The molecule has 0 atom stereocenters. The normalized spacial score (nSPS) is 10.5. The minimum Gasteiger partial charge on any atom is -0.358 e. The van der Waals surface area contributed by atoms with Gasteiger partial charge in [0.2, 0.25) is 5.91 Å². The lowest BCUT2D eigenvalue weighted by Crippen LogP contribution is -2.25. The van der Waals surface area contributed by atoms with Gasteiger partial charge in [0.15, 0.2) is 5.43 Å². The van der Waals surface area contributed by atoms with Crippen molar-refractivity contribution in [1.29, 1.82) is 0 Å². The van der Waals surface area contributed by atoms with E-state index in [0.717, 1.165) is 5.52 Å². The monoisotopic (exact) mass is 230 g/mol. The first-order valence-corrected chi connectivity index (χ1v) is 5.43. The lowest BCUT2D eigenvalue weighted by atomic mass is 10.1. The van der Waals surface area contributed by atoms with E-state index in [9.17, 15) is 9.59 Å². The molecule has 0 radical (unpaired) electrons. The van der Waals surface area contributed by atoms with Gasteiger partial charge in [-0.25, -0.2) is 0 Å². The standard InChI is InChI=1S/C13H14N2O2/c1-9-7-15(8-12(16)14-2)11-6-4-3-5-10(11)13(9)17/h3-7H,8H2,1-2H3,(H,14,16). The minimum absolute atomic E-state index is 0.0220. The molecule has 1 heterocycles. The Bertz CT molecular complexity index is 629. The Morgan fingerprint density at radius 1 is 1.35 bits per heavy atom. The van der Waals surface area contributed by atoms with E-state index in [4.69, 9.17) is 0 Å². The molecule has 1 aromatic carbocycles. The van der Waals surface area contributed by atoms with Crippen LogP contribution in [0.5, 0.6) is 0 Å². The Balaban J connectivity index is 2.67. The summed E-state index contributed by atoms with van der Waals surface area (Å²) in [6.45, 7) is 1.98. The summed E-state index contributed by atoms with van der Waals surface area (Å²) in [7, 11) is 1.60. The number of aromatic nitrogens is 1. The molecule has 4 heteroatoms. The molecule has 0 aliphatic rings. The van der Waals surface area contributed by atoms with Gasteiger partial charge in [-0.1, -0.05) is 12.1 Å². The number of rotatable bonds is 2. The fourth-order valence-electron chi connectivity index (χ4n) is 1.86. The largest absolute Gasteiger partial charge is 0.358 e. The molecule has 0 aliphatic heterocycles. The van der Waals surface area contributed by atoms with Crippen LogP contribution in [0.3, 0.4) is 0 Å². The van der Waals surface area contributed by atoms with E-state index in [1.54, 1.807) is 30.8 Å². The molecule has 4 nitrogen and oxygen atoms in total. The van der Waals surface area contributed by atoms with Crippen LogP contribution in [0.25, 0.3) is 10.9 Å². The van der Waals surface area contributed by atoms with Crippen molar-refractivity contribution in [2.24, 2.45) is 0 Å². The van der Waals surface area contributed by atoms with Crippen molar-refractivity contribution in [3.05, 3.63) is 46.2 Å². The molecule has 0 unspecified atom stereocenters. The van der Waals surface area contributed by atoms with E-state index in [1.165, 1.54) is 0 Å². The third kappa shape index (κ3) is 2.06. The maximum atomic E-state index is 11.9. The number of pyridine rings is 1. The van der Waals surface area contributed by atoms with Gasteiger partial charge in [-0.2, -0.15) is 0 Å². The fourth-order valence-corrected chi connectivity index (χ4v) is 1.86. The number of amides is 1. The molecule has 2 rings (SSSR count). The van der Waals surface area contributed by atoms with Gasteiger partial charge < -0.3 is 9.88 Å². The number of likely N-dealkylation sites (N-methyl/N-ethyl adjacent to an activating group) is 1. The maximum Gasteiger partial charge on any atom is 0.239 e. The van der Waals surface area contributed by atoms with Crippen LogP contribution in [0, 0.1) is 6.92 Å². The quantitative estimate of drug-likeness (QED) is 0.838. The summed E-state index contributed by atoms with van der Waals surface area (Å²) < 4.78 is 1.80. The lowest BCUT2D eigenvalue weighted by molar-refractivity contribution is -0.121. The van der Waals surface area contributed by atoms with Crippen molar-refractivity contribution in [2.45, 2.75) is 13.5 Å². The molecule has 1 aromatic heterocycles. The van der Waals surface area contributed by atoms with Gasteiger partial charge in [0, 0.05) is 24.2 Å². The number of benzene rings is 1. The van der Waals surface area contributed by atoms with E-state index >= 15 is 0 Å². The highest BCUT2D eigenvalue weighted by atomic mass is 16.1. The highest BCUT2D eigenvalue weighted by Crippen LogP contribution is 2.11. The number of nitrogens with one attached hydrogen (secondary N) is 1. The molecule has 0 bridgehead atoms. The number of hydrogen-bond donors (Lipinski definition) is 1. The molecule has 2 aromatic rings. The van der Waals surface area contributed by atoms with Gasteiger partial charge in [0.1, 0.15) is 6.54 Å². The predicted octanol–water partition coefficient (Wildman–Crippen LogP) is 1.06. The van der Waals surface area contributed by atoms with Crippen molar-refractivity contribution in [2.75, 3.05) is 7.05 Å². The first-order chi connectivity index (χ1) is 8.13. The number of carbonyl (C=O) groups excluding carboxylic acids is 1. The lowest BCUT2D eigenvalue weighted by Gasteiger charge is -2.11. The second kappa shape index (κ2) is 4.41. The van der Waals surface area contributed by atoms with E-state index in [-0.39, 0.29) is 17.9 Å². The Kier molecular flexibility index (Phi) is 2.95. The van der Waals surface area contributed by atoms with Gasteiger partial charge in [-0.15, -0.1) is 0 Å². The Morgan fingerprint density at radius 2 is 2.06 bits per heavy atom. The molecule has 17 heavy (non-hydrogen) atoms. The van der Waals surface area contributed by atoms with E-state index in [2.05, 4.69) is 5.32 Å². The smallest absolute Gasteiger partial charge is 0.239 e. The van der Waals surface area contributed by atoms with E-state index < -0.39 is 0 Å². The number of nitrogens with zero attached hydrogens (tertiary/aromatic N) is 1. The van der Waals surface area contributed by atoms with Crippen LogP contribution < -0.4 is 10.7 Å². The van der Waals surface area contributed by atoms with Gasteiger partial charge in [-0.05, 0) is 19.1 Å². The predicted molar refractivity (Wildman–Crippen MR) is 67.0 cm³/mol. The number of aryl methyl sites for hydroxylation is 1. The molecule has 1 N–H and O–H groups in total. The van der Waals surface area contributed by atoms with Gasteiger partial charge in [0.05, 0.1) is 5.52 Å². The molecule has 0 aliphatic carbocycles. The molecule has 0 saturated heterocycles. The summed E-state index contributed by atoms with van der Waals surface area (Å²) in [6.07, 6.45) is 1.72. The number of fused-ring (bicyclic) bond motifs is 1. The van der Waals surface area contributed by atoms with Crippen molar-refractivity contribution in [3.8, 4) is 0 Å². The number of para-hydroxylation sites is 1. The molecular weight excluding hydrogens is 216 g/mol. The van der Waals surface area contributed by atoms with Crippen LogP contribution in [0.4, 0.5) is 0 Å². The Morgan fingerprint density at radius 3 is 2.76 bits per heavy atom. The molecule has 0 fully saturated rings. The van der Waals surface area contributed by atoms with E-state index in [0.29, 0.717) is 10.9 Å². The zero-order chi connectivity index (χ0) is 12.4. The second-order valence-electron chi connectivity index (χ2n) is 3.96. The molecule has 0 spiro atoms. The second-order valence-corrected chi connectivity index (χ2v) is 3.96. The van der Waals surface area contributed by atoms with Gasteiger partial charge in [0.25, 0.3) is 0 Å². The summed E-state index contributed by atoms with van der Waals surface area (Å²) in [6, 6.07) is 7.31. The van der Waals surface area contributed by atoms with Crippen LogP contribution in [0.15, 0.2) is 35.3 Å². The SMILES string of the molecule is CNC(=O)Cn1cc(C)c(=O)c2ccccc21. The van der Waals surface area contributed by atoms with Crippen LogP contribution in [-0.2, 0) is 11.3 Å². The van der Waals surface area contributed by atoms with Gasteiger partial charge in [-0.3, -0.25) is 9.59 Å². The topological polar surface area (TPSA) is 51.1 Å². The number of carbonyl (C=O) groups is 1. The minimum atomic E-state index is -0.0850. The van der Waals surface area contributed by atoms with Crippen LogP contribution in [0.1, 0.15) is 5.56 Å².